The molecule has 2 heterocycles. The second kappa shape index (κ2) is 6.74. The summed E-state index contributed by atoms with van der Waals surface area (Å²) in [5, 5.41) is 9.77. The van der Waals surface area contributed by atoms with Crippen molar-refractivity contribution in [2.24, 2.45) is 0 Å². The van der Waals surface area contributed by atoms with Crippen molar-refractivity contribution in [3.8, 4) is 0 Å². The maximum Gasteiger partial charge on any atom is 0.273 e. The van der Waals surface area contributed by atoms with Gasteiger partial charge in [-0.15, -0.1) is 0 Å². The highest BCUT2D eigenvalue weighted by Crippen LogP contribution is 2.21. The van der Waals surface area contributed by atoms with E-state index < -0.39 is 0 Å². The van der Waals surface area contributed by atoms with Gasteiger partial charge in [0, 0.05) is 13.1 Å². The van der Waals surface area contributed by atoms with Gasteiger partial charge in [-0.05, 0) is 31.8 Å². The predicted octanol–water partition coefficient (Wildman–Crippen LogP) is 1.33. The number of carbonyl (C=O) groups excluding carboxylic acids is 1. The Morgan fingerprint density at radius 3 is 2.70 bits per heavy atom. The molecule has 0 radical (unpaired) electrons. The van der Waals surface area contributed by atoms with E-state index in [1.807, 2.05) is 13.8 Å². The number of nitrogens with zero attached hydrogens (tertiary/aromatic N) is 2. The van der Waals surface area contributed by atoms with Crippen LogP contribution in [0.3, 0.4) is 0 Å². The lowest BCUT2D eigenvalue weighted by Crippen LogP contribution is -2.37. The summed E-state index contributed by atoms with van der Waals surface area (Å²) < 4.78 is 0. The van der Waals surface area contributed by atoms with E-state index in [4.69, 9.17) is 5.73 Å². The molecule has 0 bridgehead atoms. The van der Waals surface area contributed by atoms with Crippen LogP contribution in [0.2, 0.25) is 0 Å². The SMILES string of the molecule is CC(C)c1[nH]nc(C(=O)NCCN2CCCCC2)c1N. The number of nitrogens with one attached hydrogen (secondary N) is 2. The third kappa shape index (κ3) is 3.50. The number of amides is 1. The van der Waals surface area contributed by atoms with Gasteiger partial charge in [0.1, 0.15) is 0 Å². The minimum absolute atomic E-state index is 0.192. The quantitative estimate of drug-likeness (QED) is 0.759. The third-order valence-electron chi connectivity index (χ3n) is 3.79. The van der Waals surface area contributed by atoms with Crippen LogP contribution in [0, 0.1) is 0 Å². The van der Waals surface area contributed by atoms with Crippen LogP contribution in [0.1, 0.15) is 55.2 Å². The van der Waals surface area contributed by atoms with E-state index in [9.17, 15) is 4.79 Å². The van der Waals surface area contributed by atoms with Crippen LogP contribution in [0.25, 0.3) is 0 Å². The fraction of sp³-hybridized carbons (Fsp3) is 0.714. The van der Waals surface area contributed by atoms with Crippen molar-refractivity contribution >= 4 is 11.6 Å². The van der Waals surface area contributed by atoms with Crippen molar-refractivity contribution < 1.29 is 4.79 Å². The van der Waals surface area contributed by atoms with Gasteiger partial charge in [0.05, 0.1) is 11.4 Å². The molecule has 1 saturated heterocycles. The van der Waals surface area contributed by atoms with E-state index in [-0.39, 0.29) is 11.8 Å². The number of anilines is 1. The number of piperidine rings is 1. The van der Waals surface area contributed by atoms with Crippen molar-refractivity contribution in [1.29, 1.82) is 0 Å². The Morgan fingerprint density at radius 1 is 1.40 bits per heavy atom. The number of rotatable bonds is 5. The van der Waals surface area contributed by atoms with Gasteiger partial charge in [-0.3, -0.25) is 9.89 Å². The first kappa shape index (κ1) is 14.8. The van der Waals surface area contributed by atoms with Crippen LogP contribution < -0.4 is 11.1 Å². The molecule has 0 saturated carbocycles. The van der Waals surface area contributed by atoms with Gasteiger partial charge < -0.3 is 16.0 Å². The van der Waals surface area contributed by atoms with Gasteiger partial charge in [0.2, 0.25) is 0 Å². The summed E-state index contributed by atoms with van der Waals surface area (Å²) in [7, 11) is 0. The van der Waals surface area contributed by atoms with Crippen molar-refractivity contribution in [2.75, 3.05) is 31.9 Å². The molecule has 0 aliphatic carbocycles. The van der Waals surface area contributed by atoms with Gasteiger partial charge in [0.25, 0.3) is 5.91 Å². The Hall–Kier alpha value is -1.56. The van der Waals surface area contributed by atoms with Crippen LogP contribution in [0.5, 0.6) is 0 Å². The highest BCUT2D eigenvalue weighted by Gasteiger charge is 2.18. The second-order valence-corrected chi connectivity index (χ2v) is 5.71. The minimum Gasteiger partial charge on any atom is -0.395 e. The molecule has 6 heteroatoms. The molecule has 1 aromatic heterocycles. The number of aromatic nitrogens is 2. The number of nitrogen functional groups attached to an aromatic ring is 1. The highest BCUT2D eigenvalue weighted by atomic mass is 16.1. The number of likely N-dealkylation sites (tertiary alicyclic amines) is 1. The molecule has 20 heavy (non-hydrogen) atoms. The fourth-order valence-electron chi connectivity index (χ4n) is 2.57. The molecule has 1 aliphatic heterocycles. The van der Waals surface area contributed by atoms with E-state index in [1.165, 1.54) is 19.3 Å². The Balaban J connectivity index is 1.82. The third-order valence-corrected chi connectivity index (χ3v) is 3.79. The van der Waals surface area contributed by atoms with Crippen molar-refractivity contribution in [3.05, 3.63) is 11.4 Å². The van der Waals surface area contributed by atoms with Gasteiger partial charge in [0.15, 0.2) is 5.69 Å². The minimum atomic E-state index is -0.192. The molecule has 2 rings (SSSR count). The molecule has 1 aromatic rings. The van der Waals surface area contributed by atoms with E-state index >= 15 is 0 Å². The Bertz CT molecular complexity index is 448. The average molecular weight is 279 g/mol. The van der Waals surface area contributed by atoms with Crippen molar-refractivity contribution in [3.63, 3.8) is 0 Å². The van der Waals surface area contributed by atoms with Crippen LogP contribution >= 0.6 is 0 Å². The summed E-state index contributed by atoms with van der Waals surface area (Å²) in [5.41, 5.74) is 7.56. The molecule has 0 atom stereocenters. The lowest BCUT2D eigenvalue weighted by Gasteiger charge is -2.26. The summed E-state index contributed by atoms with van der Waals surface area (Å²) in [6, 6.07) is 0. The zero-order chi connectivity index (χ0) is 14.5. The topological polar surface area (TPSA) is 87.0 Å². The highest BCUT2D eigenvalue weighted by molar-refractivity contribution is 5.97. The molecule has 4 N–H and O–H groups in total. The largest absolute Gasteiger partial charge is 0.395 e. The summed E-state index contributed by atoms with van der Waals surface area (Å²) in [4.78, 5) is 14.4. The van der Waals surface area contributed by atoms with E-state index in [0.717, 1.165) is 25.3 Å². The first-order valence-electron chi connectivity index (χ1n) is 7.44. The maximum absolute atomic E-state index is 12.1. The van der Waals surface area contributed by atoms with Gasteiger partial charge in [-0.1, -0.05) is 20.3 Å². The van der Waals surface area contributed by atoms with Gasteiger partial charge in [-0.2, -0.15) is 5.10 Å². The molecular weight excluding hydrogens is 254 g/mol. The predicted molar refractivity (Wildman–Crippen MR) is 79.7 cm³/mol. The Labute approximate surface area is 120 Å². The number of hydrogen-bond acceptors (Lipinski definition) is 4. The Kier molecular flexibility index (Phi) is 5.00. The lowest BCUT2D eigenvalue weighted by atomic mass is 10.1. The maximum atomic E-state index is 12.1. The monoisotopic (exact) mass is 279 g/mol. The number of aromatic amines is 1. The summed E-state index contributed by atoms with van der Waals surface area (Å²) in [6.07, 6.45) is 3.85. The zero-order valence-corrected chi connectivity index (χ0v) is 12.4. The second-order valence-electron chi connectivity index (χ2n) is 5.71. The van der Waals surface area contributed by atoms with Crippen molar-refractivity contribution in [1.82, 2.24) is 20.4 Å². The molecule has 6 nitrogen and oxygen atoms in total. The molecule has 1 fully saturated rings. The van der Waals surface area contributed by atoms with E-state index in [2.05, 4.69) is 20.4 Å². The molecule has 112 valence electrons. The first-order valence-corrected chi connectivity index (χ1v) is 7.44. The fourth-order valence-corrected chi connectivity index (χ4v) is 2.57. The standard InChI is InChI=1S/C14H25N5O/c1-10(2)12-11(15)13(18-17-12)14(20)16-6-9-19-7-4-3-5-8-19/h10H,3-9,15H2,1-2H3,(H,16,20)(H,17,18). The summed E-state index contributed by atoms with van der Waals surface area (Å²) >= 11 is 0. The zero-order valence-electron chi connectivity index (χ0n) is 12.4. The molecule has 1 amide bonds. The lowest BCUT2D eigenvalue weighted by molar-refractivity contribution is 0.0942. The number of carbonyl (C=O) groups is 1. The smallest absolute Gasteiger partial charge is 0.273 e. The van der Waals surface area contributed by atoms with Crippen molar-refractivity contribution in [2.45, 2.75) is 39.0 Å². The van der Waals surface area contributed by atoms with Crippen LogP contribution in [-0.4, -0.2) is 47.2 Å². The first-order chi connectivity index (χ1) is 9.59. The average Bonchev–Trinajstić information content (AvgIpc) is 2.82. The van der Waals surface area contributed by atoms with Crippen LogP contribution in [-0.2, 0) is 0 Å². The van der Waals surface area contributed by atoms with Crippen LogP contribution in [0.4, 0.5) is 5.69 Å². The molecular formula is C14H25N5O. The van der Waals surface area contributed by atoms with Gasteiger partial charge in [-0.25, -0.2) is 0 Å². The van der Waals surface area contributed by atoms with E-state index in [0.29, 0.717) is 17.9 Å². The van der Waals surface area contributed by atoms with Crippen LogP contribution in [0.15, 0.2) is 0 Å². The van der Waals surface area contributed by atoms with Gasteiger partial charge >= 0.3 is 0 Å². The number of hydrogen-bond donors (Lipinski definition) is 3. The normalized spacial score (nSPS) is 16.6. The molecule has 0 aromatic carbocycles. The summed E-state index contributed by atoms with van der Waals surface area (Å²) in [5.74, 6) is 0.0417. The summed E-state index contributed by atoms with van der Waals surface area (Å²) in [6.45, 7) is 7.84. The Morgan fingerprint density at radius 2 is 2.10 bits per heavy atom. The number of H-pyrrole nitrogens is 1. The van der Waals surface area contributed by atoms with E-state index in [1.54, 1.807) is 0 Å². The molecule has 0 spiro atoms. The molecule has 0 unspecified atom stereocenters. The number of nitrogens with two attached hydrogens (primary N) is 1. The molecule has 1 aliphatic rings.